The summed E-state index contributed by atoms with van der Waals surface area (Å²) in [4.78, 5) is 24.5. The van der Waals surface area contributed by atoms with Crippen molar-refractivity contribution in [3.8, 4) is 5.69 Å². The monoisotopic (exact) mass is 388 g/mol. The van der Waals surface area contributed by atoms with E-state index in [1.54, 1.807) is 16.4 Å². The summed E-state index contributed by atoms with van der Waals surface area (Å²) in [5.74, 6) is 0.812. The highest BCUT2D eigenvalue weighted by Crippen LogP contribution is 2.35. The molecule has 7 nitrogen and oxygen atoms in total. The van der Waals surface area contributed by atoms with Crippen molar-refractivity contribution >= 4 is 29.4 Å². The van der Waals surface area contributed by atoms with Crippen molar-refractivity contribution in [2.75, 3.05) is 18.5 Å². The van der Waals surface area contributed by atoms with Crippen LogP contribution in [0.5, 0.6) is 0 Å². The Balaban J connectivity index is 1.65. The quantitative estimate of drug-likeness (QED) is 0.562. The predicted molar refractivity (Wildman–Crippen MR) is 106 cm³/mol. The van der Waals surface area contributed by atoms with E-state index in [1.807, 2.05) is 44.2 Å². The fraction of sp³-hybridized carbons (Fsp3) is 0.421. The van der Waals surface area contributed by atoms with Crippen LogP contribution >= 0.6 is 11.8 Å². The molecule has 0 aliphatic carbocycles. The summed E-state index contributed by atoms with van der Waals surface area (Å²) in [6.07, 6.45) is 0.813. The molecule has 1 aliphatic heterocycles. The normalized spacial score (nSPS) is 12.9. The first-order chi connectivity index (χ1) is 13.1. The third-order valence-electron chi connectivity index (χ3n) is 4.05. The van der Waals surface area contributed by atoms with Crippen LogP contribution in [0.1, 0.15) is 31.5 Å². The average molecular weight is 388 g/mol. The van der Waals surface area contributed by atoms with Crippen molar-refractivity contribution in [1.29, 1.82) is 0 Å². The zero-order chi connectivity index (χ0) is 19.2. The van der Waals surface area contributed by atoms with E-state index in [-0.39, 0.29) is 6.10 Å². The van der Waals surface area contributed by atoms with Crippen LogP contribution in [0.4, 0.5) is 5.82 Å². The maximum Gasteiger partial charge on any atom is 0.314 e. The summed E-state index contributed by atoms with van der Waals surface area (Å²) in [6, 6.07) is 9.58. The lowest BCUT2D eigenvalue weighted by atomic mass is 10.2. The van der Waals surface area contributed by atoms with Crippen LogP contribution in [0.3, 0.4) is 0 Å². The minimum Gasteiger partial charge on any atom is -0.379 e. The van der Waals surface area contributed by atoms with Gasteiger partial charge in [-0.3, -0.25) is 9.59 Å². The van der Waals surface area contributed by atoms with Crippen molar-refractivity contribution in [3.05, 3.63) is 41.6 Å². The van der Waals surface area contributed by atoms with Gasteiger partial charge in [-0.1, -0.05) is 18.2 Å². The number of benzene rings is 1. The minimum atomic E-state index is -0.684. The van der Waals surface area contributed by atoms with Crippen molar-refractivity contribution in [1.82, 2.24) is 15.1 Å². The summed E-state index contributed by atoms with van der Waals surface area (Å²) in [5.41, 5.74) is 2.78. The number of amides is 2. The number of carbonyl (C=O) groups is 2. The van der Waals surface area contributed by atoms with Gasteiger partial charge in [0.1, 0.15) is 5.82 Å². The van der Waals surface area contributed by atoms with Crippen LogP contribution in [0.25, 0.3) is 5.69 Å². The zero-order valence-corrected chi connectivity index (χ0v) is 16.3. The molecule has 0 saturated heterocycles. The van der Waals surface area contributed by atoms with Crippen molar-refractivity contribution in [3.63, 3.8) is 0 Å². The highest BCUT2D eigenvalue weighted by atomic mass is 32.2. The third kappa shape index (κ3) is 4.90. The Hall–Kier alpha value is -2.32. The van der Waals surface area contributed by atoms with Gasteiger partial charge in [0.25, 0.3) is 0 Å². The number of nitrogens with zero attached hydrogens (tertiary/aromatic N) is 2. The number of rotatable bonds is 7. The summed E-state index contributed by atoms with van der Waals surface area (Å²) in [6.45, 7) is 4.85. The Kier molecular flexibility index (Phi) is 6.52. The molecule has 144 valence electrons. The van der Waals surface area contributed by atoms with Gasteiger partial charge in [-0.05, 0) is 32.4 Å². The van der Waals surface area contributed by atoms with E-state index in [9.17, 15) is 9.59 Å². The lowest BCUT2D eigenvalue weighted by Crippen LogP contribution is -2.36. The molecule has 0 spiro atoms. The van der Waals surface area contributed by atoms with E-state index in [1.165, 1.54) is 0 Å². The van der Waals surface area contributed by atoms with Crippen LogP contribution in [0, 0.1) is 0 Å². The lowest BCUT2D eigenvalue weighted by Gasteiger charge is -2.11. The molecule has 0 atom stereocenters. The molecule has 0 saturated carbocycles. The number of ether oxygens (including phenoxy) is 1. The van der Waals surface area contributed by atoms with E-state index < -0.39 is 11.8 Å². The van der Waals surface area contributed by atoms with Gasteiger partial charge in [0.05, 0.1) is 17.5 Å². The Morgan fingerprint density at radius 1 is 1.22 bits per heavy atom. The number of nitrogens with one attached hydrogen (secondary N) is 2. The molecule has 2 aromatic rings. The molecule has 2 N–H and O–H groups in total. The smallest absolute Gasteiger partial charge is 0.314 e. The van der Waals surface area contributed by atoms with Crippen LogP contribution in [0.2, 0.25) is 0 Å². The van der Waals surface area contributed by atoms with E-state index in [0.717, 1.165) is 28.5 Å². The number of hydrogen-bond donors (Lipinski definition) is 2. The second-order valence-corrected chi connectivity index (χ2v) is 7.48. The standard InChI is InChI=1S/C19H24N4O3S/c1-13(2)26-10-6-9-20-18(24)19(25)21-17-15-11-27-12-16(15)22-23(17)14-7-4-3-5-8-14/h3-5,7-8,13H,6,9-12H2,1-2H3,(H,20,24)(H,21,25). The topological polar surface area (TPSA) is 85.2 Å². The fourth-order valence-corrected chi connectivity index (χ4v) is 3.77. The highest BCUT2D eigenvalue weighted by molar-refractivity contribution is 7.98. The SMILES string of the molecule is CC(C)OCCCNC(=O)C(=O)Nc1c2c(nn1-c1ccccc1)CSC2. The van der Waals surface area contributed by atoms with Crippen molar-refractivity contribution < 1.29 is 14.3 Å². The van der Waals surface area contributed by atoms with Crippen LogP contribution < -0.4 is 10.6 Å². The minimum absolute atomic E-state index is 0.155. The van der Waals surface area contributed by atoms with E-state index >= 15 is 0 Å². The average Bonchev–Trinajstić information content (AvgIpc) is 3.24. The highest BCUT2D eigenvalue weighted by Gasteiger charge is 2.26. The van der Waals surface area contributed by atoms with Crippen LogP contribution in [-0.4, -0.2) is 40.9 Å². The number of aromatic nitrogens is 2. The molecule has 0 fully saturated rings. The lowest BCUT2D eigenvalue weighted by molar-refractivity contribution is -0.136. The van der Waals surface area contributed by atoms with Crippen LogP contribution in [-0.2, 0) is 25.8 Å². The molecular formula is C19H24N4O3S. The van der Waals surface area contributed by atoms with E-state index in [2.05, 4.69) is 15.7 Å². The Labute approximate surface area is 162 Å². The van der Waals surface area contributed by atoms with Gasteiger partial charge in [0.15, 0.2) is 0 Å². The second kappa shape index (κ2) is 9.05. The van der Waals surface area contributed by atoms with Gasteiger partial charge >= 0.3 is 11.8 Å². The molecule has 1 aromatic heterocycles. The van der Waals surface area contributed by atoms with Crippen molar-refractivity contribution in [2.45, 2.75) is 37.9 Å². The molecule has 1 aromatic carbocycles. The number of anilines is 1. The molecule has 8 heteroatoms. The van der Waals surface area contributed by atoms with E-state index in [0.29, 0.717) is 25.4 Å². The first-order valence-corrected chi connectivity index (χ1v) is 10.2. The molecule has 1 aliphatic rings. The summed E-state index contributed by atoms with van der Waals surface area (Å²) in [5, 5.41) is 9.99. The first kappa shape index (κ1) is 19.4. The number of fused-ring (bicyclic) bond motifs is 1. The van der Waals surface area contributed by atoms with Gasteiger partial charge < -0.3 is 15.4 Å². The summed E-state index contributed by atoms with van der Waals surface area (Å²) in [7, 11) is 0. The predicted octanol–water partition coefficient (Wildman–Crippen LogP) is 2.49. The maximum absolute atomic E-state index is 12.4. The molecular weight excluding hydrogens is 364 g/mol. The maximum atomic E-state index is 12.4. The second-order valence-electron chi connectivity index (χ2n) is 6.50. The van der Waals surface area contributed by atoms with Gasteiger partial charge in [-0.2, -0.15) is 16.9 Å². The number of para-hydroxylation sites is 1. The molecule has 2 amide bonds. The largest absolute Gasteiger partial charge is 0.379 e. The Morgan fingerprint density at radius 2 is 2.00 bits per heavy atom. The zero-order valence-electron chi connectivity index (χ0n) is 15.5. The van der Waals surface area contributed by atoms with Gasteiger partial charge in [0, 0.05) is 30.2 Å². The van der Waals surface area contributed by atoms with Gasteiger partial charge in [-0.25, -0.2) is 4.68 Å². The molecule has 0 radical (unpaired) electrons. The summed E-state index contributed by atoms with van der Waals surface area (Å²) < 4.78 is 7.12. The van der Waals surface area contributed by atoms with Crippen molar-refractivity contribution in [2.24, 2.45) is 0 Å². The molecule has 2 heterocycles. The molecule has 0 bridgehead atoms. The molecule has 27 heavy (non-hydrogen) atoms. The number of thioether (sulfide) groups is 1. The summed E-state index contributed by atoms with van der Waals surface area (Å²) >= 11 is 1.74. The third-order valence-corrected chi connectivity index (χ3v) is 5.02. The fourth-order valence-electron chi connectivity index (χ4n) is 2.74. The Morgan fingerprint density at radius 3 is 2.74 bits per heavy atom. The number of hydrogen-bond acceptors (Lipinski definition) is 5. The van der Waals surface area contributed by atoms with Crippen LogP contribution in [0.15, 0.2) is 30.3 Å². The van der Waals surface area contributed by atoms with Gasteiger partial charge in [-0.15, -0.1) is 0 Å². The number of carbonyl (C=O) groups excluding carboxylic acids is 2. The first-order valence-electron chi connectivity index (χ1n) is 9.01. The van der Waals surface area contributed by atoms with E-state index in [4.69, 9.17) is 4.74 Å². The Bertz CT molecular complexity index is 805. The van der Waals surface area contributed by atoms with Gasteiger partial charge in [0.2, 0.25) is 0 Å². The molecule has 0 unspecified atom stereocenters. The molecule has 3 rings (SSSR count).